The second-order valence-electron chi connectivity index (χ2n) is 5.03. The van der Waals surface area contributed by atoms with Gasteiger partial charge in [-0.3, -0.25) is 4.79 Å². The lowest BCUT2D eigenvalue weighted by Gasteiger charge is -2.18. The van der Waals surface area contributed by atoms with Crippen molar-refractivity contribution in [1.82, 2.24) is 5.32 Å². The van der Waals surface area contributed by atoms with Crippen molar-refractivity contribution in [3.63, 3.8) is 0 Å². The molecule has 19 heavy (non-hydrogen) atoms. The van der Waals surface area contributed by atoms with E-state index >= 15 is 0 Å². The van der Waals surface area contributed by atoms with Crippen LogP contribution in [0.3, 0.4) is 0 Å². The van der Waals surface area contributed by atoms with Gasteiger partial charge in [0.1, 0.15) is 5.82 Å². The standard InChI is InChI=1S/C15H20FNO2/c1-3-6-17-14-9-19-8-12(14)15(18)11-5-4-10(2)13(16)7-11/h4-5,7,12,14,17H,3,6,8-9H2,1-2H3. The second kappa shape index (κ2) is 6.26. The van der Waals surface area contributed by atoms with Crippen molar-refractivity contribution in [3.8, 4) is 0 Å². The minimum atomic E-state index is -0.331. The number of benzene rings is 1. The molecule has 1 aliphatic rings. The third kappa shape index (κ3) is 3.19. The van der Waals surface area contributed by atoms with E-state index in [2.05, 4.69) is 12.2 Å². The van der Waals surface area contributed by atoms with E-state index in [-0.39, 0.29) is 23.6 Å². The molecule has 1 aromatic rings. The van der Waals surface area contributed by atoms with Crippen molar-refractivity contribution in [2.24, 2.45) is 5.92 Å². The zero-order valence-corrected chi connectivity index (χ0v) is 11.4. The van der Waals surface area contributed by atoms with Crippen LogP contribution in [0, 0.1) is 18.7 Å². The fourth-order valence-electron chi connectivity index (χ4n) is 2.30. The van der Waals surface area contributed by atoms with Crippen LogP contribution in [-0.2, 0) is 4.74 Å². The Morgan fingerprint density at radius 3 is 2.95 bits per heavy atom. The molecule has 0 amide bonds. The summed E-state index contributed by atoms with van der Waals surface area (Å²) in [5.41, 5.74) is 0.988. The number of aryl methyl sites for hydroxylation is 1. The number of rotatable bonds is 5. The monoisotopic (exact) mass is 265 g/mol. The summed E-state index contributed by atoms with van der Waals surface area (Å²) >= 11 is 0. The van der Waals surface area contributed by atoms with E-state index in [0.717, 1.165) is 13.0 Å². The SMILES string of the molecule is CCCNC1COCC1C(=O)c1ccc(C)c(F)c1. The normalized spacial score (nSPS) is 22.7. The lowest BCUT2D eigenvalue weighted by molar-refractivity contribution is 0.0891. The van der Waals surface area contributed by atoms with Gasteiger partial charge in [-0.15, -0.1) is 0 Å². The Labute approximate surface area is 113 Å². The first-order chi connectivity index (χ1) is 9.13. The number of ketones is 1. The van der Waals surface area contributed by atoms with Gasteiger partial charge in [0.25, 0.3) is 0 Å². The van der Waals surface area contributed by atoms with E-state index in [1.54, 1.807) is 19.1 Å². The maximum Gasteiger partial charge on any atom is 0.170 e. The molecule has 104 valence electrons. The molecule has 1 saturated heterocycles. The summed E-state index contributed by atoms with van der Waals surface area (Å²) in [5.74, 6) is -0.582. The van der Waals surface area contributed by atoms with Crippen LogP contribution < -0.4 is 5.32 Å². The number of hydrogen-bond acceptors (Lipinski definition) is 3. The first-order valence-electron chi connectivity index (χ1n) is 6.75. The van der Waals surface area contributed by atoms with Gasteiger partial charge in [-0.1, -0.05) is 19.1 Å². The molecule has 0 bridgehead atoms. The van der Waals surface area contributed by atoms with Crippen LogP contribution in [0.25, 0.3) is 0 Å². The van der Waals surface area contributed by atoms with Crippen LogP contribution in [0.4, 0.5) is 4.39 Å². The first-order valence-corrected chi connectivity index (χ1v) is 6.75. The average Bonchev–Trinajstić information content (AvgIpc) is 2.87. The van der Waals surface area contributed by atoms with Crippen molar-refractivity contribution >= 4 is 5.78 Å². The molecule has 0 aromatic heterocycles. The fourth-order valence-corrected chi connectivity index (χ4v) is 2.30. The molecule has 2 atom stereocenters. The summed E-state index contributed by atoms with van der Waals surface area (Å²) in [4.78, 5) is 12.4. The van der Waals surface area contributed by atoms with E-state index in [1.807, 2.05) is 0 Å². The number of hydrogen-bond donors (Lipinski definition) is 1. The molecule has 1 fully saturated rings. The molecule has 0 aliphatic carbocycles. The third-order valence-electron chi connectivity index (χ3n) is 3.53. The number of nitrogens with one attached hydrogen (secondary N) is 1. The van der Waals surface area contributed by atoms with Crippen molar-refractivity contribution in [2.45, 2.75) is 26.3 Å². The summed E-state index contributed by atoms with van der Waals surface area (Å²) in [5, 5.41) is 3.32. The minimum Gasteiger partial charge on any atom is -0.379 e. The molecule has 1 N–H and O–H groups in total. The number of Topliss-reactive ketones (excluding diaryl/α,β-unsaturated/α-hetero) is 1. The fraction of sp³-hybridized carbons (Fsp3) is 0.533. The van der Waals surface area contributed by atoms with Crippen molar-refractivity contribution in [3.05, 3.63) is 35.1 Å². The molecule has 3 nitrogen and oxygen atoms in total. The van der Waals surface area contributed by atoms with Gasteiger partial charge in [0.05, 0.1) is 19.1 Å². The lowest BCUT2D eigenvalue weighted by Crippen LogP contribution is -2.39. The Balaban J connectivity index is 2.11. The molecule has 2 unspecified atom stereocenters. The summed E-state index contributed by atoms with van der Waals surface area (Å²) in [6.07, 6.45) is 1.01. The highest BCUT2D eigenvalue weighted by Crippen LogP contribution is 2.20. The summed E-state index contributed by atoms with van der Waals surface area (Å²) in [7, 11) is 0. The topological polar surface area (TPSA) is 38.3 Å². The average molecular weight is 265 g/mol. The number of halogens is 1. The zero-order valence-electron chi connectivity index (χ0n) is 11.4. The molecule has 0 saturated carbocycles. The van der Waals surface area contributed by atoms with Gasteiger partial charge in [-0.25, -0.2) is 4.39 Å². The van der Waals surface area contributed by atoms with Gasteiger partial charge in [0, 0.05) is 11.6 Å². The predicted molar refractivity (Wildman–Crippen MR) is 71.9 cm³/mol. The van der Waals surface area contributed by atoms with Crippen LogP contribution in [0.5, 0.6) is 0 Å². The summed E-state index contributed by atoms with van der Waals surface area (Å²) in [6, 6.07) is 4.70. The first kappa shape index (κ1) is 14.2. The molecule has 0 spiro atoms. The lowest BCUT2D eigenvalue weighted by atomic mass is 9.92. The van der Waals surface area contributed by atoms with Gasteiger partial charge in [0.2, 0.25) is 0 Å². The predicted octanol–water partition coefficient (Wildman–Crippen LogP) is 2.33. The smallest absolute Gasteiger partial charge is 0.170 e. The molecule has 1 aromatic carbocycles. The number of carbonyl (C=O) groups excluding carboxylic acids is 1. The quantitative estimate of drug-likeness (QED) is 0.830. The largest absolute Gasteiger partial charge is 0.379 e. The van der Waals surface area contributed by atoms with Gasteiger partial charge >= 0.3 is 0 Å². The van der Waals surface area contributed by atoms with Crippen molar-refractivity contribution < 1.29 is 13.9 Å². The highest BCUT2D eigenvalue weighted by Gasteiger charge is 2.34. The molecule has 1 heterocycles. The number of carbonyl (C=O) groups is 1. The highest BCUT2D eigenvalue weighted by molar-refractivity contribution is 5.98. The van der Waals surface area contributed by atoms with Crippen LogP contribution in [0.1, 0.15) is 29.3 Å². The Hall–Kier alpha value is -1.26. The highest BCUT2D eigenvalue weighted by atomic mass is 19.1. The third-order valence-corrected chi connectivity index (χ3v) is 3.53. The Morgan fingerprint density at radius 2 is 2.26 bits per heavy atom. The van der Waals surface area contributed by atoms with Crippen molar-refractivity contribution in [2.75, 3.05) is 19.8 Å². The van der Waals surface area contributed by atoms with Gasteiger partial charge in [0.15, 0.2) is 5.78 Å². The zero-order chi connectivity index (χ0) is 13.8. The van der Waals surface area contributed by atoms with E-state index in [1.165, 1.54) is 6.07 Å². The summed E-state index contributed by atoms with van der Waals surface area (Å²) in [6.45, 7) is 5.59. The van der Waals surface area contributed by atoms with Gasteiger partial charge in [-0.05, 0) is 31.5 Å². The molecule has 2 rings (SSSR count). The molecule has 1 aliphatic heterocycles. The van der Waals surface area contributed by atoms with E-state index in [9.17, 15) is 9.18 Å². The van der Waals surface area contributed by atoms with Crippen LogP contribution in [0.2, 0.25) is 0 Å². The van der Waals surface area contributed by atoms with Crippen LogP contribution >= 0.6 is 0 Å². The Morgan fingerprint density at radius 1 is 1.47 bits per heavy atom. The molecule has 4 heteroatoms. The Bertz CT molecular complexity index is 461. The Kier molecular flexibility index (Phi) is 4.66. The molecular formula is C15H20FNO2. The maximum atomic E-state index is 13.5. The number of ether oxygens (including phenoxy) is 1. The maximum absolute atomic E-state index is 13.5. The van der Waals surface area contributed by atoms with Crippen LogP contribution in [0.15, 0.2) is 18.2 Å². The summed E-state index contributed by atoms with van der Waals surface area (Å²) < 4.78 is 18.9. The van der Waals surface area contributed by atoms with Gasteiger partial charge in [-0.2, -0.15) is 0 Å². The molecule has 0 radical (unpaired) electrons. The van der Waals surface area contributed by atoms with E-state index in [0.29, 0.717) is 24.3 Å². The van der Waals surface area contributed by atoms with E-state index in [4.69, 9.17) is 4.74 Å². The minimum absolute atomic E-state index is 0.0370. The van der Waals surface area contributed by atoms with Crippen LogP contribution in [-0.4, -0.2) is 31.6 Å². The second-order valence-corrected chi connectivity index (χ2v) is 5.03. The molecular weight excluding hydrogens is 245 g/mol. The van der Waals surface area contributed by atoms with E-state index < -0.39 is 0 Å². The van der Waals surface area contributed by atoms with Crippen molar-refractivity contribution in [1.29, 1.82) is 0 Å². The van der Waals surface area contributed by atoms with Gasteiger partial charge < -0.3 is 10.1 Å².